The lowest BCUT2D eigenvalue weighted by Gasteiger charge is -2.28. The Balaban J connectivity index is 1.58. The molecular formula is C17H23NO2. The lowest BCUT2D eigenvalue weighted by Crippen LogP contribution is -2.45. The Hall–Kier alpha value is -1.35. The van der Waals surface area contributed by atoms with Gasteiger partial charge < -0.3 is 10.4 Å². The molecule has 2 aliphatic carbocycles. The van der Waals surface area contributed by atoms with Gasteiger partial charge in [-0.15, -0.1) is 0 Å². The fraction of sp³-hybridized carbons (Fsp3) is 0.588. The Morgan fingerprint density at radius 1 is 1.15 bits per heavy atom. The molecule has 2 unspecified atom stereocenters. The molecule has 20 heavy (non-hydrogen) atoms. The Labute approximate surface area is 120 Å². The molecule has 1 saturated carbocycles. The molecule has 3 heteroatoms. The number of rotatable bonds is 3. The summed E-state index contributed by atoms with van der Waals surface area (Å²) < 4.78 is 0. The highest BCUT2D eigenvalue weighted by molar-refractivity contribution is 5.79. The minimum Gasteiger partial charge on any atom is -0.391 e. The lowest BCUT2D eigenvalue weighted by molar-refractivity contribution is -0.122. The third-order valence-corrected chi connectivity index (χ3v) is 4.60. The van der Waals surface area contributed by atoms with Gasteiger partial charge in [0, 0.05) is 0 Å². The number of carbonyl (C=O) groups is 1. The van der Waals surface area contributed by atoms with Crippen LogP contribution in [-0.2, 0) is 24.1 Å². The topological polar surface area (TPSA) is 49.3 Å². The van der Waals surface area contributed by atoms with Gasteiger partial charge in [-0.2, -0.15) is 0 Å². The monoisotopic (exact) mass is 273 g/mol. The maximum absolute atomic E-state index is 12.1. The highest BCUT2D eigenvalue weighted by Crippen LogP contribution is 2.23. The Morgan fingerprint density at radius 3 is 2.80 bits per heavy atom. The van der Waals surface area contributed by atoms with E-state index in [0.717, 1.165) is 37.7 Å². The smallest absolute Gasteiger partial charge is 0.224 e. The van der Waals surface area contributed by atoms with Crippen LogP contribution in [0.4, 0.5) is 0 Å². The van der Waals surface area contributed by atoms with Crippen molar-refractivity contribution in [1.29, 1.82) is 0 Å². The average molecular weight is 273 g/mol. The summed E-state index contributed by atoms with van der Waals surface area (Å²) in [4.78, 5) is 12.1. The number of nitrogens with one attached hydrogen (secondary N) is 1. The number of benzene rings is 1. The summed E-state index contributed by atoms with van der Waals surface area (Å²) >= 11 is 0. The summed E-state index contributed by atoms with van der Waals surface area (Å²) in [6.07, 6.45) is 7.49. The van der Waals surface area contributed by atoms with Crippen LogP contribution in [0.1, 0.15) is 48.8 Å². The largest absolute Gasteiger partial charge is 0.391 e. The molecule has 108 valence electrons. The minimum absolute atomic E-state index is 0.0360. The first-order chi connectivity index (χ1) is 9.72. The second kappa shape index (κ2) is 5.96. The molecule has 0 aliphatic heterocycles. The Bertz CT molecular complexity index is 498. The zero-order chi connectivity index (χ0) is 13.9. The van der Waals surface area contributed by atoms with E-state index >= 15 is 0 Å². The summed E-state index contributed by atoms with van der Waals surface area (Å²) in [6, 6.07) is 6.37. The zero-order valence-corrected chi connectivity index (χ0v) is 11.9. The average Bonchev–Trinajstić information content (AvgIpc) is 2.89. The van der Waals surface area contributed by atoms with Gasteiger partial charge in [-0.3, -0.25) is 4.79 Å². The SMILES string of the molecule is O=C(Cc1ccc2c(c1)CCC2)NC1CCCCC1O. The van der Waals surface area contributed by atoms with Gasteiger partial charge in [0.05, 0.1) is 18.6 Å². The number of hydrogen-bond acceptors (Lipinski definition) is 2. The van der Waals surface area contributed by atoms with Crippen LogP contribution in [0.15, 0.2) is 18.2 Å². The first-order valence-corrected chi connectivity index (χ1v) is 7.80. The van der Waals surface area contributed by atoms with E-state index in [2.05, 4.69) is 23.5 Å². The van der Waals surface area contributed by atoms with Crippen LogP contribution in [0.5, 0.6) is 0 Å². The van der Waals surface area contributed by atoms with Crippen molar-refractivity contribution in [3.05, 3.63) is 34.9 Å². The lowest BCUT2D eigenvalue weighted by atomic mass is 9.92. The summed E-state index contributed by atoms with van der Waals surface area (Å²) in [5.74, 6) is 0.0360. The predicted molar refractivity (Wildman–Crippen MR) is 78.6 cm³/mol. The van der Waals surface area contributed by atoms with Gasteiger partial charge in [0.25, 0.3) is 0 Å². The summed E-state index contributed by atoms with van der Waals surface area (Å²) in [5.41, 5.74) is 3.94. The molecule has 0 bridgehead atoms. The van der Waals surface area contributed by atoms with Gasteiger partial charge in [0.1, 0.15) is 0 Å². The normalized spacial score (nSPS) is 25.2. The number of amides is 1. The van der Waals surface area contributed by atoms with Crippen LogP contribution in [0, 0.1) is 0 Å². The molecule has 2 N–H and O–H groups in total. The Morgan fingerprint density at radius 2 is 1.95 bits per heavy atom. The molecule has 2 atom stereocenters. The third-order valence-electron chi connectivity index (χ3n) is 4.60. The van der Waals surface area contributed by atoms with Crippen molar-refractivity contribution in [2.75, 3.05) is 0 Å². The molecule has 0 heterocycles. The maximum atomic E-state index is 12.1. The van der Waals surface area contributed by atoms with E-state index < -0.39 is 0 Å². The molecule has 3 nitrogen and oxygen atoms in total. The highest BCUT2D eigenvalue weighted by Gasteiger charge is 2.24. The van der Waals surface area contributed by atoms with Gasteiger partial charge >= 0.3 is 0 Å². The molecule has 2 aliphatic rings. The van der Waals surface area contributed by atoms with Gasteiger partial charge in [-0.1, -0.05) is 31.0 Å². The van der Waals surface area contributed by atoms with Crippen molar-refractivity contribution in [2.45, 2.75) is 63.5 Å². The molecule has 1 fully saturated rings. The van der Waals surface area contributed by atoms with E-state index in [1.54, 1.807) is 0 Å². The summed E-state index contributed by atoms with van der Waals surface area (Å²) in [6.45, 7) is 0. The van der Waals surface area contributed by atoms with E-state index in [1.807, 2.05) is 0 Å². The van der Waals surface area contributed by atoms with Crippen molar-refractivity contribution >= 4 is 5.91 Å². The molecule has 0 radical (unpaired) electrons. The molecular weight excluding hydrogens is 250 g/mol. The van der Waals surface area contributed by atoms with Gasteiger partial charge in [-0.25, -0.2) is 0 Å². The molecule has 1 aromatic rings. The van der Waals surface area contributed by atoms with Crippen molar-refractivity contribution in [1.82, 2.24) is 5.32 Å². The molecule has 3 rings (SSSR count). The number of fused-ring (bicyclic) bond motifs is 1. The molecule has 1 aromatic carbocycles. The van der Waals surface area contributed by atoms with Crippen molar-refractivity contribution in [3.8, 4) is 0 Å². The fourth-order valence-corrected chi connectivity index (χ4v) is 3.46. The molecule has 1 amide bonds. The van der Waals surface area contributed by atoms with Crippen LogP contribution in [0.25, 0.3) is 0 Å². The summed E-state index contributed by atoms with van der Waals surface area (Å²) in [7, 11) is 0. The third kappa shape index (κ3) is 3.04. The fourth-order valence-electron chi connectivity index (χ4n) is 3.46. The van der Waals surface area contributed by atoms with Crippen LogP contribution in [0.3, 0.4) is 0 Å². The van der Waals surface area contributed by atoms with Crippen molar-refractivity contribution < 1.29 is 9.90 Å². The number of carbonyl (C=O) groups excluding carboxylic acids is 1. The second-order valence-corrected chi connectivity index (χ2v) is 6.16. The van der Waals surface area contributed by atoms with Gasteiger partial charge in [0.15, 0.2) is 0 Å². The van der Waals surface area contributed by atoms with Crippen molar-refractivity contribution in [3.63, 3.8) is 0 Å². The maximum Gasteiger partial charge on any atom is 0.224 e. The standard InChI is InChI=1S/C17H23NO2/c19-16-7-2-1-6-15(16)18-17(20)11-12-8-9-13-4-3-5-14(13)10-12/h8-10,15-16,19H,1-7,11H2,(H,18,20). The van der Waals surface area contributed by atoms with Gasteiger partial charge in [-0.05, 0) is 48.8 Å². The van der Waals surface area contributed by atoms with E-state index in [1.165, 1.54) is 24.0 Å². The zero-order valence-electron chi connectivity index (χ0n) is 11.9. The van der Waals surface area contributed by atoms with Crippen LogP contribution in [-0.4, -0.2) is 23.2 Å². The number of aliphatic hydroxyl groups is 1. The first kappa shape index (κ1) is 13.6. The van der Waals surface area contributed by atoms with E-state index in [0.29, 0.717) is 6.42 Å². The molecule has 0 aromatic heterocycles. The first-order valence-electron chi connectivity index (χ1n) is 7.80. The quantitative estimate of drug-likeness (QED) is 0.886. The van der Waals surface area contributed by atoms with E-state index in [4.69, 9.17) is 0 Å². The molecule has 0 saturated heterocycles. The number of aliphatic hydroxyl groups excluding tert-OH is 1. The predicted octanol–water partition coefficient (Wildman–Crippen LogP) is 2.14. The minimum atomic E-state index is -0.368. The van der Waals surface area contributed by atoms with Crippen LogP contribution in [0.2, 0.25) is 0 Å². The second-order valence-electron chi connectivity index (χ2n) is 6.16. The van der Waals surface area contributed by atoms with Crippen LogP contribution >= 0.6 is 0 Å². The number of aryl methyl sites for hydroxylation is 2. The Kier molecular flexibility index (Phi) is 4.06. The van der Waals surface area contributed by atoms with Gasteiger partial charge in [0.2, 0.25) is 5.91 Å². The number of hydrogen-bond donors (Lipinski definition) is 2. The van der Waals surface area contributed by atoms with E-state index in [9.17, 15) is 9.90 Å². The van der Waals surface area contributed by atoms with Crippen LogP contribution < -0.4 is 5.32 Å². The van der Waals surface area contributed by atoms with E-state index in [-0.39, 0.29) is 18.1 Å². The summed E-state index contributed by atoms with van der Waals surface area (Å²) in [5, 5.41) is 12.9. The highest BCUT2D eigenvalue weighted by atomic mass is 16.3. The molecule has 0 spiro atoms. The van der Waals surface area contributed by atoms with Crippen molar-refractivity contribution in [2.24, 2.45) is 0 Å².